The zero-order chi connectivity index (χ0) is 11.4. The summed E-state index contributed by atoms with van der Waals surface area (Å²) < 4.78 is 0. The highest BCUT2D eigenvalue weighted by atomic mass is 16.4. The largest absolute Gasteiger partial charge is 0.481 e. The van der Waals surface area contributed by atoms with Gasteiger partial charge in [-0.25, -0.2) is 0 Å². The molecular formula is C14H18O2. The highest BCUT2D eigenvalue weighted by Gasteiger charge is 2.25. The van der Waals surface area contributed by atoms with Crippen LogP contribution in [0.5, 0.6) is 0 Å². The Labute approximate surface area is 96.3 Å². The molecule has 2 rings (SSSR count). The number of benzene rings is 1. The molecule has 0 unspecified atom stereocenters. The fourth-order valence-electron chi connectivity index (χ4n) is 2.64. The minimum atomic E-state index is -0.682. The molecule has 16 heavy (non-hydrogen) atoms. The van der Waals surface area contributed by atoms with Crippen molar-refractivity contribution >= 4 is 5.97 Å². The van der Waals surface area contributed by atoms with Gasteiger partial charge in [0.2, 0.25) is 0 Å². The van der Waals surface area contributed by atoms with E-state index in [9.17, 15) is 9.90 Å². The number of aliphatic carboxylic acids is 1. The minimum Gasteiger partial charge on any atom is -0.481 e. The van der Waals surface area contributed by atoms with Crippen LogP contribution in [-0.2, 0) is 4.79 Å². The summed E-state index contributed by atoms with van der Waals surface area (Å²) in [5.41, 5.74) is 0.946. The SMILES string of the molecule is O=C(O)[C@@H](CC1CCCC1)c1ccccc1. The third-order valence-electron chi connectivity index (χ3n) is 3.54. The average molecular weight is 218 g/mol. The molecule has 0 bridgehead atoms. The molecular weight excluding hydrogens is 200 g/mol. The standard InChI is InChI=1S/C14H18O2/c15-14(16)13(10-11-6-4-5-7-11)12-8-2-1-3-9-12/h1-3,8-9,11,13H,4-7,10H2,(H,15,16)/t13-/m0/s1. The molecule has 0 heterocycles. The summed E-state index contributed by atoms with van der Waals surface area (Å²) in [6, 6.07) is 9.61. The van der Waals surface area contributed by atoms with Gasteiger partial charge in [0.05, 0.1) is 5.92 Å². The molecule has 0 amide bonds. The second-order valence-electron chi connectivity index (χ2n) is 4.69. The van der Waals surface area contributed by atoms with Gasteiger partial charge in [-0.05, 0) is 17.9 Å². The average Bonchev–Trinajstić information content (AvgIpc) is 2.79. The molecule has 0 aromatic heterocycles. The number of carboxylic acids is 1. The van der Waals surface area contributed by atoms with Crippen LogP contribution in [0, 0.1) is 5.92 Å². The molecule has 1 aliphatic rings. The smallest absolute Gasteiger partial charge is 0.310 e. The summed E-state index contributed by atoms with van der Waals surface area (Å²) >= 11 is 0. The molecule has 0 aliphatic heterocycles. The van der Waals surface area contributed by atoms with Crippen molar-refractivity contribution in [2.75, 3.05) is 0 Å². The lowest BCUT2D eigenvalue weighted by molar-refractivity contribution is -0.139. The highest BCUT2D eigenvalue weighted by molar-refractivity contribution is 5.76. The quantitative estimate of drug-likeness (QED) is 0.840. The molecule has 0 radical (unpaired) electrons. The molecule has 2 heteroatoms. The van der Waals surface area contributed by atoms with E-state index in [1.807, 2.05) is 30.3 Å². The maximum Gasteiger partial charge on any atom is 0.310 e. The van der Waals surface area contributed by atoms with Gasteiger partial charge in [-0.3, -0.25) is 4.79 Å². The predicted octanol–water partition coefficient (Wildman–Crippen LogP) is 3.44. The van der Waals surface area contributed by atoms with E-state index in [0.29, 0.717) is 5.92 Å². The van der Waals surface area contributed by atoms with Gasteiger partial charge >= 0.3 is 5.97 Å². The van der Waals surface area contributed by atoms with Crippen molar-refractivity contribution in [3.63, 3.8) is 0 Å². The number of rotatable bonds is 4. The first-order valence-corrected chi connectivity index (χ1v) is 6.05. The van der Waals surface area contributed by atoms with Gasteiger partial charge in [-0.15, -0.1) is 0 Å². The summed E-state index contributed by atoms with van der Waals surface area (Å²) in [5, 5.41) is 9.29. The fraction of sp³-hybridized carbons (Fsp3) is 0.500. The van der Waals surface area contributed by atoms with E-state index in [2.05, 4.69) is 0 Å². The molecule has 1 aliphatic carbocycles. The zero-order valence-electron chi connectivity index (χ0n) is 9.43. The van der Waals surface area contributed by atoms with Crippen molar-refractivity contribution in [1.82, 2.24) is 0 Å². The Morgan fingerprint density at radius 1 is 1.25 bits per heavy atom. The summed E-state index contributed by atoms with van der Waals surface area (Å²) in [6.07, 6.45) is 5.75. The van der Waals surface area contributed by atoms with E-state index in [0.717, 1.165) is 12.0 Å². The zero-order valence-corrected chi connectivity index (χ0v) is 9.43. The van der Waals surface area contributed by atoms with Crippen molar-refractivity contribution in [3.05, 3.63) is 35.9 Å². The third-order valence-corrected chi connectivity index (χ3v) is 3.54. The normalized spacial score (nSPS) is 18.5. The van der Waals surface area contributed by atoms with Crippen molar-refractivity contribution in [1.29, 1.82) is 0 Å². The lowest BCUT2D eigenvalue weighted by Gasteiger charge is -2.16. The number of carboxylic acid groups (broad SMARTS) is 1. The highest BCUT2D eigenvalue weighted by Crippen LogP contribution is 2.34. The van der Waals surface area contributed by atoms with Crippen LogP contribution in [0.1, 0.15) is 43.6 Å². The summed E-state index contributed by atoms with van der Waals surface area (Å²) in [4.78, 5) is 11.3. The van der Waals surface area contributed by atoms with E-state index in [-0.39, 0.29) is 5.92 Å². The first-order chi connectivity index (χ1) is 7.77. The first-order valence-electron chi connectivity index (χ1n) is 6.05. The van der Waals surface area contributed by atoms with Crippen LogP contribution < -0.4 is 0 Å². The van der Waals surface area contributed by atoms with Crippen molar-refractivity contribution < 1.29 is 9.90 Å². The second kappa shape index (κ2) is 5.15. The molecule has 0 saturated heterocycles. The Morgan fingerprint density at radius 2 is 1.88 bits per heavy atom. The topological polar surface area (TPSA) is 37.3 Å². The molecule has 1 fully saturated rings. The number of carbonyl (C=O) groups is 1. The molecule has 1 N–H and O–H groups in total. The fourth-order valence-corrected chi connectivity index (χ4v) is 2.64. The Hall–Kier alpha value is -1.31. The first kappa shape index (κ1) is 11.2. The van der Waals surface area contributed by atoms with Crippen LogP contribution in [0.4, 0.5) is 0 Å². The lowest BCUT2D eigenvalue weighted by Crippen LogP contribution is -2.14. The summed E-state index contributed by atoms with van der Waals surface area (Å²) in [7, 11) is 0. The third kappa shape index (κ3) is 2.63. The van der Waals surface area contributed by atoms with Crippen molar-refractivity contribution in [2.24, 2.45) is 5.92 Å². The van der Waals surface area contributed by atoms with Crippen LogP contribution >= 0.6 is 0 Å². The summed E-state index contributed by atoms with van der Waals surface area (Å²) in [6.45, 7) is 0. The maximum absolute atomic E-state index is 11.3. The van der Waals surface area contributed by atoms with Crippen molar-refractivity contribution in [2.45, 2.75) is 38.0 Å². The van der Waals surface area contributed by atoms with E-state index in [4.69, 9.17) is 0 Å². The molecule has 0 spiro atoms. The molecule has 86 valence electrons. The molecule has 1 aromatic rings. The van der Waals surface area contributed by atoms with Crippen LogP contribution in [0.3, 0.4) is 0 Å². The van der Waals surface area contributed by atoms with Gasteiger partial charge in [0.25, 0.3) is 0 Å². The van der Waals surface area contributed by atoms with Crippen LogP contribution in [-0.4, -0.2) is 11.1 Å². The predicted molar refractivity (Wildman–Crippen MR) is 63.4 cm³/mol. The second-order valence-corrected chi connectivity index (χ2v) is 4.69. The monoisotopic (exact) mass is 218 g/mol. The Kier molecular flexibility index (Phi) is 3.60. The molecule has 1 saturated carbocycles. The Balaban J connectivity index is 2.08. The van der Waals surface area contributed by atoms with Crippen molar-refractivity contribution in [3.8, 4) is 0 Å². The molecule has 1 atom stereocenters. The van der Waals surface area contributed by atoms with Gasteiger partial charge < -0.3 is 5.11 Å². The van der Waals surface area contributed by atoms with Gasteiger partial charge in [0, 0.05) is 0 Å². The van der Waals surface area contributed by atoms with E-state index in [1.165, 1.54) is 25.7 Å². The van der Waals surface area contributed by atoms with Crippen LogP contribution in [0.15, 0.2) is 30.3 Å². The van der Waals surface area contributed by atoms with Gasteiger partial charge in [0.1, 0.15) is 0 Å². The minimum absolute atomic E-state index is 0.315. The van der Waals surface area contributed by atoms with Gasteiger partial charge in [-0.1, -0.05) is 56.0 Å². The number of hydrogen-bond donors (Lipinski definition) is 1. The molecule has 1 aromatic carbocycles. The van der Waals surface area contributed by atoms with E-state index < -0.39 is 5.97 Å². The Morgan fingerprint density at radius 3 is 2.44 bits per heavy atom. The Bertz CT molecular complexity index is 339. The van der Waals surface area contributed by atoms with Gasteiger partial charge in [0.15, 0.2) is 0 Å². The summed E-state index contributed by atoms with van der Waals surface area (Å²) in [5.74, 6) is -0.385. The van der Waals surface area contributed by atoms with E-state index in [1.54, 1.807) is 0 Å². The van der Waals surface area contributed by atoms with Gasteiger partial charge in [-0.2, -0.15) is 0 Å². The van der Waals surface area contributed by atoms with Crippen LogP contribution in [0.2, 0.25) is 0 Å². The van der Waals surface area contributed by atoms with E-state index >= 15 is 0 Å². The number of hydrogen-bond acceptors (Lipinski definition) is 1. The van der Waals surface area contributed by atoms with Crippen LogP contribution in [0.25, 0.3) is 0 Å². The lowest BCUT2D eigenvalue weighted by atomic mass is 9.88. The molecule has 2 nitrogen and oxygen atoms in total. The maximum atomic E-state index is 11.3.